The smallest absolute Gasteiger partial charge is 0.325 e. The average Bonchev–Trinajstić information content (AvgIpc) is 3.12. The molecule has 3 aromatic rings. The molecule has 0 bridgehead atoms. The molecule has 6 heteroatoms. The van der Waals surface area contributed by atoms with Gasteiger partial charge in [-0.2, -0.15) is 4.98 Å². The summed E-state index contributed by atoms with van der Waals surface area (Å²) in [6.45, 7) is 1.64. The number of nitrogens with zero attached hydrogens (tertiary/aromatic N) is 1. The first-order valence-electron chi connectivity index (χ1n) is 8.83. The molecule has 1 heterocycles. The highest BCUT2D eigenvalue weighted by Crippen LogP contribution is 2.34. The van der Waals surface area contributed by atoms with Crippen LogP contribution in [0.1, 0.15) is 13.3 Å². The van der Waals surface area contributed by atoms with Crippen LogP contribution in [0, 0.1) is 0 Å². The van der Waals surface area contributed by atoms with E-state index in [0.29, 0.717) is 17.9 Å². The highest BCUT2D eigenvalue weighted by atomic mass is 16.5. The maximum Gasteiger partial charge on any atom is 0.325 e. The largest absolute Gasteiger partial charge is 0.461 e. The van der Waals surface area contributed by atoms with Crippen molar-refractivity contribution in [1.29, 1.82) is 0 Å². The third-order valence-electron chi connectivity index (χ3n) is 3.96. The Balaban J connectivity index is 1.79. The summed E-state index contributed by atoms with van der Waals surface area (Å²) in [7, 11) is 0. The Morgan fingerprint density at radius 3 is 2.37 bits per heavy atom. The van der Waals surface area contributed by atoms with Crippen LogP contribution in [0.2, 0.25) is 0 Å². The highest BCUT2D eigenvalue weighted by molar-refractivity contribution is 5.79. The first kappa shape index (κ1) is 18.7. The number of oxazole rings is 1. The lowest BCUT2D eigenvalue weighted by molar-refractivity contribution is -0.146. The molecule has 0 saturated heterocycles. The number of rotatable bonds is 8. The minimum Gasteiger partial charge on any atom is -0.461 e. The molecule has 0 saturated carbocycles. The van der Waals surface area contributed by atoms with Gasteiger partial charge in [-0.15, -0.1) is 0 Å². The van der Waals surface area contributed by atoms with E-state index in [1.54, 1.807) is 6.92 Å². The van der Waals surface area contributed by atoms with Gasteiger partial charge >= 0.3 is 5.97 Å². The molecule has 1 aromatic heterocycles. The molecule has 3 rings (SSSR count). The fourth-order valence-corrected chi connectivity index (χ4v) is 2.63. The Morgan fingerprint density at radius 2 is 1.74 bits per heavy atom. The second-order valence-electron chi connectivity index (χ2n) is 6.10. The molecule has 140 valence electrons. The van der Waals surface area contributed by atoms with Gasteiger partial charge in [0.1, 0.15) is 18.3 Å². The van der Waals surface area contributed by atoms with Crippen molar-refractivity contribution in [3.8, 4) is 22.6 Å². The second-order valence-corrected chi connectivity index (χ2v) is 6.10. The summed E-state index contributed by atoms with van der Waals surface area (Å²) in [4.78, 5) is 16.4. The molecular formula is C21H22N2O4. The number of esters is 1. The highest BCUT2D eigenvalue weighted by Gasteiger charge is 2.17. The standard InChI is InChI=1S/C21H22N2O4/c1-15(12-13-24)26-18(25)14-22-21-23-19(16-8-4-2-5-9-16)20(27-21)17-10-6-3-7-11-17/h2-11,15,24H,12-14H2,1H3,(H,22,23). The Morgan fingerprint density at radius 1 is 1.11 bits per heavy atom. The van der Waals surface area contributed by atoms with Crippen LogP contribution in [-0.4, -0.2) is 35.3 Å². The minimum absolute atomic E-state index is 0.0253. The molecule has 27 heavy (non-hydrogen) atoms. The number of aliphatic hydroxyl groups is 1. The van der Waals surface area contributed by atoms with E-state index in [1.807, 2.05) is 60.7 Å². The quantitative estimate of drug-likeness (QED) is 0.591. The van der Waals surface area contributed by atoms with Crippen molar-refractivity contribution >= 4 is 12.0 Å². The summed E-state index contributed by atoms with van der Waals surface area (Å²) in [6, 6.07) is 19.7. The number of nitrogens with one attached hydrogen (secondary N) is 1. The Labute approximate surface area is 157 Å². The fourth-order valence-electron chi connectivity index (χ4n) is 2.63. The Bertz CT molecular complexity index is 805. The van der Waals surface area contributed by atoms with Gasteiger partial charge in [0.05, 0.1) is 0 Å². The van der Waals surface area contributed by atoms with Gasteiger partial charge in [-0.1, -0.05) is 60.7 Å². The number of carbonyl (C=O) groups excluding carboxylic acids is 1. The number of hydrogen-bond acceptors (Lipinski definition) is 6. The van der Waals surface area contributed by atoms with E-state index in [0.717, 1.165) is 11.1 Å². The normalized spacial score (nSPS) is 11.8. The van der Waals surface area contributed by atoms with Crippen molar-refractivity contribution < 1.29 is 19.1 Å². The Hall–Kier alpha value is -3.12. The van der Waals surface area contributed by atoms with E-state index < -0.39 is 5.97 Å². The topological polar surface area (TPSA) is 84.6 Å². The first-order valence-corrected chi connectivity index (χ1v) is 8.83. The number of anilines is 1. The zero-order chi connectivity index (χ0) is 19.1. The van der Waals surface area contributed by atoms with Crippen LogP contribution in [0.4, 0.5) is 6.01 Å². The number of ether oxygens (including phenoxy) is 1. The predicted octanol–water partition coefficient (Wildman–Crippen LogP) is 3.73. The molecule has 0 fully saturated rings. The molecule has 1 atom stereocenters. The predicted molar refractivity (Wildman–Crippen MR) is 103 cm³/mol. The van der Waals surface area contributed by atoms with Crippen LogP contribution >= 0.6 is 0 Å². The van der Waals surface area contributed by atoms with E-state index in [4.69, 9.17) is 14.3 Å². The lowest BCUT2D eigenvalue weighted by Crippen LogP contribution is -2.22. The van der Waals surface area contributed by atoms with Gasteiger partial charge in [0.2, 0.25) is 0 Å². The monoisotopic (exact) mass is 366 g/mol. The van der Waals surface area contributed by atoms with E-state index in [-0.39, 0.29) is 25.3 Å². The first-order chi connectivity index (χ1) is 13.2. The average molecular weight is 366 g/mol. The maximum atomic E-state index is 11.9. The summed E-state index contributed by atoms with van der Waals surface area (Å²) in [5.41, 5.74) is 2.52. The van der Waals surface area contributed by atoms with Crippen LogP contribution in [0.3, 0.4) is 0 Å². The zero-order valence-corrected chi connectivity index (χ0v) is 15.1. The summed E-state index contributed by atoms with van der Waals surface area (Å²) < 4.78 is 11.1. The van der Waals surface area contributed by atoms with Crippen LogP contribution < -0.4 is 5.32 Å². The number of benzene rings is 2. The lowest BCUT2D eigenvalue weighted by Gasteiger charge is -2.11. The van der Waals surface area contributed by atoms with E-state index >= 15 is 0 Å². The fraction of sp³-hybridized carbons (Fsp3) is 0.238. The number of carbonyl (C=O) groups is 1. The van der Waals surface area contributed by atoms with Crippen molar-refractivity contribution in [2.45, 2.75) is 19.4 Å². The molecule has 1 unspecified atom stereocenters. The lowest BCUT2D eigenvalue weighted by atomic mass is 10.1. The Kier molecular flexibility index (Phi) is 6.22. The van der Waals surface area contributed by atoms with Gasteiger partial charge in [0.25, 0.3) is 6.01 Å². The number of aromatic nitrogens is 1. The van der Waals surface area contributed by atoms with Crippen molar-refractivity contribution in [3.63, 3.8) is 0 Å². The number of hydrogen-bond donors (Lipinski definition) is 2. The molecule has 2 aromatic carbocycles. The summed E-state index contributed by atoms with van der Waals surface area (Å²) in [5.74, 6) is 0.197. The van der Waals surface area contributed by atoms with Crippen LogP contribution in [-0.2, 0) is 9.53 Å². The van der Waals surface area contributed by atoms with E-state index in [1.165, 1.54) is 0 Å². The van der Waals surface area contributed by atoms with Crippen LogP contribution in [0.15, 0.2) is 65.1 Å². The summed E-state index contributed by atoms with van der Waals surface area (Å²) in [5, 5.41) is 11.8. The van der Waals surface area contributed by atoms with Crippen molar-refractivity contribution in [1.82, 2.24) is 4.98 Å². The third kappa shape index (κ3) is 4.95. The van der Waals surface area contributed by atoms with Crippen LogP contribution in [0.5, 0.6) is 0 Å². The van der Waals surface area contributed by atoms with Crippen LogP contribution in [0.25, 0.3) is 22.6 Å². The molecule has 0 aliphatic carbocycles. The van der Waals surface area contributed by atoms with E-state index in [2.05, 4.69) is 10.3 Å². The molecule has 0 aliphatic heterocycles. The summed E-state index contributed by atoms with van der Waals surface area (Å²) >= 11 is 0. The van der Waals surface area contributed by atoms with Crippen molar-refractivity contribution in [3.05, 3.63) is 60.7 Å². The molecule has 0 amide bonds. The SMILES string of the molecule is CC(CCO)OC(=O)CNc1nc(-c2ccccc2)c(-c2ccccc2)o1. The zero-order valence-electron chi connectivity index (χ0n) is 15.1. The molecule has 0 aliphatic rings. The van der Waals surface area contributed by atoms with Gasteiger partial charge in [0, 0.05) is 24.2 Å². The van der Waals surface area contributed by atoms with Crippen molar-refractivity contribution in [2.24, 2.45) is 0 Å². The van der Waals surface area contributed by atoms with Gasteiger partial charge in [-0.05, 0) is 6.92 Å². The maximum absolute atomic E-state index is 11.9. The van der Waals surface area contributed by atoms with E-state index in [9.17, 15) is 4.79 Å². The molecule has 6 nitrogen and oxygen atoms in total. The van der Waals surface area contributed by atoms with Gasteiger partial charge in [-0.25, -0.2) is 0 Å². The van der Waals surface area contributed by atoms with Gasteiger partial charge < -0.3 is 19.6 Å². The van der Waals surface area contributed by atoms with Crippen molar-refractivity contribution in [2.75, 3.05) is 18.5 Å². The molecule has 0 radical (unpaired) electrons. The molecule has 0 spiro atoms. The second kappa shape index (κ2) is 9.00. The molecular weight excluding hydrogens is 344 g/mol. The van der Waals surface area contributed by atoms with Gasteiger partial charge in [0.15, 0.2) is 5.76 Å². The third-order valence-corrected chi connectivity index (χ3v) is 3.96. The molecule has 2 N–H and O–H groups in total. The number of aliphatic hydroxyl groups excluding tert-OH is 1. The van der Waals surface area contributed by atoms with Gasteiger partial charge in [-0.3, -0.25) is 4.79 Å². The summed E-state index contributed by atoms with van der Waals surface area (Å²) in [6.07, 6.45) is 0.0646. The minimum atomic E-state index is -0.434.